The van der Waals surface area contributed by atoms with Crippen LogP contribution in [0, 0.1) is 25.7 Å². The van der Waals surface area contributed by atoms with Crippen LogP contribution in [0.25, 0.3) is 0 Å². The van der Waals surface area contributed by atoms with Crippen LogP contribution in [0.4, 0.5) is 21.0 Å². The van der Waals surface area contributed by atoms with Gasteiger partial charge in [-0.1, -0.05) is 41.8 Å². The maximum atomic E-state index is 12.2. The summed E-state index contributed by atoms with van der Waals surface area (Å²) >= 11 is 12.2. The number of urea groups is 2. The van der Waals surface area contributed by atoms with Crippen LogP contribution in [0.2, 0.25) is 10.0 Å². The molecule has 172 valence electrons. The Morgan fingerprint density at radius 2 is 1.25 bits per heavy atom. The molecule has 3 rings (SSSR count). The molecule has 8 heteroatoms. The SMILES string of the molecule is Cc1ccc(NC(=O)NC[C@H]2CCC[C@@H](CNC(=O)Nc3ccc(C)c(Cl)c3)C2)cc1Cl. The number of hydrogen-bond donors (Lipinski definition) is 4. The number of anilines is 2. The molecular formula is C24H30Cl2N4O2. The molecule has 0 bridgehead atoms. The summed E-state index contributed by atoms with van der Waals surface area (Å²) < 4.78 is 0. The van der Waals surface area contributed by atoms with Gasteiger partial charge in [-0.25, -0.2) is 9.59 Å². The number of benzene rings is 2. The number of carbonyl (C=O) groups excluding carboxylic acids is 2. The van der Waals surface area contributed by atoms with E-state index in [0.29, 0.717) is 46.3 Å². The van der Waals surface area contributed by atoms with Crippen molar-refractivity contribution >= 4 is 46.6 Å². The van der Waals surface area contributed by atoms with Gasteiger partial charge in [0, 0.05) is 34.5 Å². The highest BCUT2D eigenvalue weighted by Gasteiger charge is 2.23. The Morgan fingerprint density at radius 3 is 1.66 bits per heavy atom. The number of nitrogens with one attached hydrogen (secondary N) is 4. The second kappa shape index (κ2) is 11.4. The highest BCUT2D eigenvalue weighted by Crippen LogP contribution is 2.28. The van der Waals surface area contributed by atoms with E-state index in [1.807, 2.05) is 38.1 Å². The summed E-state index contributed by atoms with van der Waals surface area (Å²) in [5.41, 5.74) is 3.28. The lowest BCUT2D eigenvalue weighted by Crippen LogP contribution is -2.38. The number of rotatable bonds is 6. The van der Waals surface area contributed by atoms with E-state index in [1.54, 1.807) is 12.1 Å². The monoisotopic (exact) mass is 476 g/mol. The summed E-state index contributed by atoms with van der Waals surface area (Å²) in [6.07, 6.45) is 4.19. The smallest absolute Gasteiger partial charge is 0.319 e. The third-order valence-electron chi connectivity index (χ3n) is 5.85. The van der Waals surface area contributed by atoms with Crippen LogP contribution < -0.4 is 21.3 Å². The molecule has 4 N–H and O–H groups in total. The van der Waals surface area contributed by atoms with E-state index in [2.05, 4.69) is 21.3 Å². The van der Waals surface area contributed by atoms with Gasteiger partial charge in [-0.2, -0.15) is 0 Å². The zero-order chi connectivity index (χ0) is 23.1. The van der Waals surface area contributed by atoms with E-state index in [-0.39, 0.29) is 12.1 Å². The third kappa shape index (κ3) is 7.31. The van der Waals surface area contributed by atoms with Crippen LogP contribution in [0.15, 0.2) is 36.4 Å². The molecule has 6 nitrogen and oxygen atoms in total. The maximum absolute atomic E-state index is 12.2. The molecule has 2 aromatic rings. The van der Waals surface area contributed by atoms with Gasteiger partial charge in [-0.3, -0.25) is 0 Å². The summed E-state index contributed by atoms with van der Waals surface area (Å²) in [4.78, 5) is 24.5. The first kappa shape index (κ1) is 24.2. The second-order valence-corrected chi connectivity index (χ2v) is 9.31. The molecule has 0 aromatic heterocycles. The Hall–Kier alpha value is -2.44. The minimum absolute atomic E-state index is 0.235. The molecule has 0 spiro atoms. The number of aryl methyl sites for hydroxylation is 2. The summed E-state index contributed by atoms with van der Waals surface area (Å²) in [7, 11) is 0. The number of halogens is 2. The van der Waals surface area contributed by atoms with Gasteiger partial charge in [0.1, 0.15) is 0 Å². The minimum atomic E-state index is -0.235. The molecule has 0 aliphatic heterocycles. The van der Waals surface area contributed by atoms with Crippen LogP contribution in [-0.4, -0.2) is 25.2 Å². The van der Waals surface area contributed by atoms with Gasteiger partial charge in [0.05, 0.1) is 0 Å². The molecule has 32 heavy (non-hydrogen) atoms. The van der Waals surface area contributed by atoms with E-state index >= 15 is 0 Å². The second-order valence-electron chi connectivity index (χ2n) is 8.50. The molecule has 1 aliphatic carbocycles. The lowest BCUT2D eigenvalue weighted by Gasteiger charge is -2.29. The number of hydrogen-bond acceptors (Lipinski definition) is 2. The highest BCUT2D eigenvalue weighted by molar-refractivity contribution is 6.32. The average Bonchev–Trinajstić information content (AvgIpc) is 2.76. The Kier molecular flexibility index (Phi) is 8.65. The molecule has 2 aromatic carbocycles. The van der Waals surface area contributed by atoms with Crippen LogP contribution >= 0.6 is 23.2 Å². The van der Waals surface area contributed by atoms with Gasteiger partial charge in [0.25, 0.3) is 0 Å². The molecule has 1 fully saturated rings. The standard InChI is InChI=1S/C24H30Cl2N4O2/c1-15-6-8-19(11-21(15)25)29-23(31)27-13-17-4-3-5-18(10-17)14-28-24(32)30-20-9-7-16(2)22(26)12-20/h6-9,11-12,17-18H,3-5,10,13-14H2,1-2H3,(H2,27,29,31)(H2,28,30,32)/t17-,18+. The number of amides is 4. The molecule has 0 heterocycles. The van der Waals surface area contributed by atoms with Crippen LogP contribution in [0.5, 0.6) is 0 Å². The van der Waals surface area contributed by atoms with Gasteiger partial charge in [-0.15, -0.1) is 0 Å². The Bertz CT molecular complexity index is 892. The maximum Gasteiger partial charge on any atom is 0.319 e. The van der Waals surface area contributed by atoms with Gasteiger partial charge >= 0.3 is 12.1 Å². The molecular weight excluding hydrogens is 447 g/mol. The normalized spacial score (nSPS) is 18.0. The first-order valence-electron chi connectivity index (χ1n) is 10.9. The predicted molar refractivity (Wildman–Crippen MR) is 132 cm³/mol. The summed E-state index contributed by atoms with van der Waals surface area (Å²) in [6, 6.07) is 10.4. The number of carbonyl (C=O) groups is 2. The lowest BCUT2D eigenvalue weighted by molar-refractivity contribution is 0.230. The molecule has 0 radical (unpaired) electrons. The van der Waals surface area contributed by atoms with Crippen LogP contribution in [0.3, 0.4) is 0 Å². The molecule has 4 amide bonds. The van der Waals surface area contributed by atoms with Crippen LogP contribution in [0.1, 0.15) is 36.8 Å². The summed E-state index contributed by atoms with van der Waals surface area (Å²) in [5.74, 6) is 0.781. The van der Waals surface area contributed by atoms with E-state index in [9.17, 15) is 9.59 Å². The van der Waals surface area contributed by atoms with Gasteiger partial charge in [-0.05, 0) is 80.3 Å². The summed E-state index contributed by atoms with van der Waals surface area (Å²) in [5, 5.41) is 12.8. The molecule has 0 unspecified atom stereocenters. The van der Waals surface area contributed by atoms with Crippen molar-refractivity contribution in [1.29, 1.82) is 0 Å². The lowest BCUT2D eigenvalue weighted by atomic mass is 9.81. The molecule has 1 aliphatic rings. The van der Waals surface area contributed by atoms with Gasteiger partial charge < -0.3 is 21.3 Å². The van der Waals surface area contributed by atoms with E-state index < -0.39 is 0 Å². The van der Waals surface area contributed by atoms with E-state index in [1.165, 1.54) is 0 Å². The average molecular weight is 477 g/mol. The largest absolute Gasteiger partial charge is 0.338 e. The fourth-order valence-electron chi connectivity index (χ4n) is 3.94. The molecule has 0 saturated heterocycles. The van der Waals surface area contributed by atoms with Gasteiger partial charge in [0.15, 0.2) is 0 Å². The molecule has 1 saturated carbocycles. The van der Waals surface area contributed by atoms with Crippen molar-refractivity contribution in [2.24, 2.45) is 11.8 Å². The first-order valence-corrected chi connectivity index (χ1v) is 11.7. The topological polar surface area (TPSA) is 82.3 Å². The van der Waals surface area contributed by atoms with Crippen molar-refractivity contribution in [2.45, 2.75) is 39.5 Å². The fourth-order valence-corrected chi connectivity index (χ4v) is 4.30. The minimum Gasteiger partial charge on any atom is -0.338 e. The van der Waals surface area contributed by atoms with Crippen molar-refractivity contribution in [3.05, 3.63) is 57.6 Å². The Balaban J connectivity index is 1.38. The van der Waals surface area contributed by atoms with Crippen molar-refractivity contribution in [3.63, 3.8) is 0 Å². The Morgan fingerprint density at radius 1 is 0.812 bits per heavy atom. The third-order valence-corrected chi connectivity index (χ3v) is 6.67. The van der Waals surface area contributed by atoms with Crippen molar-refractivity contribution in [3.8, 4) is 0 Å². The zero-order valence-corrected chi connectivity index (χ0v) is 19.9. The quantitative estimate of drug-likeness (QED) is 0.391. The van der Waals surface area contributed by atoms with Crippen molar-refractivity contribution in [1.82, 2.24) is 10.6 Å². The van der Waals surface area contributed by atoms with Crippen molar-refractivity contribution < 1.29 is 9.59 Å². The Labute approximate surface area is 199 Å². The van der Waals surface area contributed by atoms with E-state index in [0.717, 1.165) is 36.8 Å². The molecule has 2 atom stereocenters. The fraction of sp³-hybridized carbons (Fsp3) is 0.417. The van der Waals surface area contributed by atoms with Crippen LogP contribution in [-0.2, 0) is 0 Å². The first-order chi connectivity index (χ1) is 15.3. The predicted octanol–water partition coefficient (Wildman–Crippen LogP) is 6.36. The zero-order valence-electron chi connectivity index (χ0n) is 18.4. The van der Waals surface area contributed by atoms with Gasteiger partial charge in [0.2, 0.25) is 0 Å². The summed E-state index contributed by atoms with van der Waals surface area (Å²) in [6.45, 7) is 5.05. The van der Waals surface area contributed by atoms with Crippen molar-refractivity contribution in [2.75, 3.05) is 23.7 Å². The highest BCUT2D eigenvalue weighted by atomic mass is 35.5. The van der Waals surface area contributed by atoms with E-state index in [4.69, 9.17) is 23.2 Å².